The van der Waals surface area contributed by atoms with E-state index in [1.54, 1.807) is 0 Å². The molecule has 1 fully saturated rings. The van der Waals surface area contributed by atoms with E-state index in [4.69, 9.17) is 10.8 Å². The molecule has 2 atom stereocenters. The van der Waals surface area contributed by atoms with Gasteiger partial charge in [-0.1, -0.05) is 12.8 Å². The Morgan fingerprint density at radius 2 is 2.08 bits per heavy atom. The lowest BCUT2D eigenvalue weighted by Gasteiger charge is -2.27. The predicted molar refractivity (Wildman–Crippen MR) is 46.8 cm³/mol. The molecule has 1 unspecified atom stereocenters. The van der Waals surface area contributed by atoms with Gasteiger partial charge >= 0.3 is 5.97 Å². The second-order valence-corrected chi connectivity index (χ2v) is 3.64. The van der Waals surface area contributed by atoms with Gasteiger partial charge in [-0.25, -0.2) is 0 Å². The van der Waals surface area contributed by atoms with E-state index in [-0.39, 0.29) is 12.5 Å². The van der Waals surface area contributed by atoms with E-state index < -0.39 is 5.97 Å². The number of hydrogen-bond donors (Lipinski definition) is 2. The average Bonchev–Trinajstić information content (AvgIpc) is 2.03. The Bertz CT molecular complexity index is 159. The smallest absolute Gasteiger partial charge is 0.303 e. The molecule has 3 heteroatoms. The first-order valence-electron chi connectivity index (χ1n) is 4.67. The summed E-state index contributed by atoms with van der Waals surface area (Å²) in [5.41, 5.74) is 5.87. The third kappa shape index (κ3) is 2.81. The molecule has 1 rings (SSSR count). The van der Waals surface area contributed by atoms with Gasteiger partial charge in [-0.3, -0.25) is 4.79 Å². The van der Waals surface area contributed by atoms with Gasteiger partial charge < -0.3 is 10.8 Å². The zero-order valence-electron chi connectivity index (χ0n) is 7.33. The van der Waals surface area contributed by atoms with Crippen LogP contribution in [0.4, 0.5) is 0 Å². The maximum atomic E-state index is 10.3. The van der Waals surface area contributed by atoms with Gasteiger partial charge in [0.15, 0.2) is 0 Å². The number of carboxylic acid groups (broad SMARTS) is 1. The molecule has 1 saturated carbocycles. The summed E-state index contributed by atoms with van der Waals surface area (Å²) in [6.07, 6.45) is 5.66. The molecule has 1 aliphatic rings. The van der Waals surface area contributed by atoms with Gasteiger partial charge in [0.25, 0.3) is 0 Å². The van der Waals surface area contributed by atoms with Crippen LogP contribution in [0.2, 0.25) is 0 Å². The quantitative estimate of drug-likeness (QED) is 0.674. The van der Waals surface area contributed by atoms with E-state index in [1.165, 1.54) is 12.8 Å². The lowest BCUT2D eigenvalue weighted by atomic mass is 9.82. The molecule has 0 radical (unpaired) electrons. The highest BCUT2D eigenvalue weighted by Crippen LogP contribution is 2.26. The Labute approximate surface area is 72.9 Å². The minimum absolute atomic E-state index is 0.248. The number of hydrogen-bond acceptors (Lipinski definition) is 2. The van der Waals surface area contributed by atoms with Gasteiger partial charge in [0.05, 0.1) is 0 Å². The fourth-order valence-electron chi connectivity index (χ4n) is 1.90. The molecule has 0 heterocycles. The van der Waals surface area contributed by atoms with Gasteiger partial charge in [-0.15, -0.1) is 0 Å². The molecule has 12 heavy (non-hydrogen) atoms. The lowest BCUT2D eigenvalue weighted by Crippen LogP contribution is -2.33. The summed E-state index contributed by atoms with van der Waals surface area (Å²) in [5.74, 6) is -0.248. The lowest BCUT2D eigenvalue weighted by molar-refractivity contribution is -0.137. The Morgan fingerprint density at radius 1 is 1.42 bits per heavy atom. The predicted octanol–water partition coefficient (Wildman–Crippen LogP) is 1.37. The fourth-order valence-corrected chi connectivity index (χ4v) is 1.90. The minimum Gasteiger partial charge on any atom is -0.481 e. The summed E-state index contributed by atoms with van der Waals surface area (Å²) < 4.78 is 0. The monoisotopic (exact) mass is 171 g/mol. The second kappa shape index (κ2) is 4.45. The number of nitrogens with two attached hydrogens (primary N) is 1. The van der Waals surface area contributed by atoms with Gasteiger partial charge in [-0.2, -0.15) is 0 Å². The van der Waals surface area contributed by atoms with Crippen LogP contribution in [0.15, 0.2) is 0 Å². The molecule has 0 amide bonds. The van der Waals surface area contributed by atoms with Gasteiger partial charge in [0.2, 0.25) is 0 Å². The number of aliphatic carboxylic acids is 1. The second-order valence-electron chi connectivity index (χ2n) is 3.64. The van der Waals surface area contributed by atoms with Crippen molar-refractivity contribution in [3.63, 3.8) is 0 Å². The Balaban J connectivity index is 2.24. The first-order chi connectivity index (χ1) is 5.70. The first kappa shape index (κ1) is 9.52. The van der Waals surface area contributed by atoms with Gasteiger partial charge in [0.1, 0.15) is 0 Å². The van der Waals surface area contributed by atoms with Crippen molar-refractivity contribution in [2.24, 2.45) is 11.7 Å². The highest BCUT2D eigenvalue weighted by atomic mass is 16.4. The van der Waals surface area contributed by atoms with Crippen LogP contribution in [0.5, 0.6) is 0 Å². The molecule has 3 N–H and O–H groups in total. The molecule has 0 aliphatic heterocycles. The van der Waals surface area contributed by atoms with Crippen molar-refractivity contribution in [3.05, 3.63) is 0 Å². The molecule has 0 aromatic rings. The molecule has 0 saturated heterocycles. The van der Waals surface area contributed by atoms with Crippen LogP contribution in [-0.2, 0) is 4.79 Å². The molecule has 0 aromatic carbocycles. The van der Waals surface area contributed by atoms with Crippen molar-refractivity contribution in [3.8, 4) is 0 Å². The summed E-state index contributed by atoms with van der Waals surface area (Å²) in [7, 11) is 0. The summed E-state index contributed by atoms with van der Waals surface area (Å²) in [6.45, 7) is 0. The Hall–Kier alpha value is -0.570. The van der Waals surface area contributed by atoms with E-state index in [9.17, 15) is 4.79 Å². The largest absolute Gasteiger partial charge is 0.481 e. The fraction of sp³-hybridized carbons (Fsp3) is 0.889. The third-order valence-electron chi connectivity index (χ3n) is 2.70. The summed E-state index contributed by atoms with van der Waals surface area (Å²) in [5, 5.41) is 8.49. The van der Waals surface area contributed by atoms with Crippen molar-refractivity contribution < 1.29 is 9.90 Å². The first-order valence-corrected chi connectivity index (χ1v) is 4.67. The standard InChI is InChI=1S/C9H17NO2/c10-8-4-2-1-3-7(8)5-6-9(11)12/h7-8H,1-6,10H2,(H,11,12)/t7?,8-/m0/s1. The van der Waals surface area contributed by atoms with E-state index in [2.05, 4.69) is 0 Å². The maximum absolute atomic E-state index is 10.3. The molecule has 3 nitrogen and oxygen atoms in total. The van der Waals surface area contributed by atoms with Crippen LogP contribution in [-0.4, -0.2) is 17.1 Å². The molecular formula is C9H17NO2. The highest BCUT2D eigenvalue weighted by molar-refractivity contribution is 5.66. The SMILES string of the molecule is N[C@H]1CCCCC1CCC(=O)O. The minimum atomic E-state index is -0.701. The van der Waals surface area contributed by atoms with Crippen LogP contribution >= 0.6 is 0 Å². The zero-order chi connectivity index (χ0) is 8.97. The summed E-state index contributed by atoms with van der Waals surface area (Å²) in [6, 6.07) is 0.248. The van der Waals surface area contributed by atoms with Crippen LogP contribution < -0.4 is 5.73 Å². The Morgan fingerprint density at radius 3 is 2.67 bits per heavy atom. The van der Waals surface area contributed by atoms with Gasteiger partial charge in [0, 0.05) is 12.5 Å². The molecule has 1 aliphatic carbocycles. The van der Waals surface area contributed by atoms with E-state index >= 15 is 0 Å². The number of carbonyl (C=O) groups is 1. The van der Waals surface area contributed by atoms with Crippen molar-refractivity contribution in [2.75, 3.05) is 0 Å². The van der Waals surface area contributed by atoms with Gasteiger partial charge in [-0.05, 0) is 25.2 Å². The summed E-state index contributed by atoms with van der Waals surface area (Å²) in [4.78, 5) is 10.3. The van der Waals surface area contributed by atoms with Crippen LogP contribution in [0.3, 0.4) is 0 Å². The molecule has 0 aromatic heterocycles. The summed E-state index contributed by atoms with van der Waals surface area (Å²) >= 11 is 0. The van der Waals surface area contributed by atoms with Crippen LogP contribution in [0.1, 0.15) is 38.5 Å². The molecular weight excluding hydrogens is 154 g/mol. The molecule has 70 valence electrons. The van der Waals surface area contributed by atoms with E-state index in [0.717, 1.165) is 19.3 Å². The zero-order valence-corrected chi connectivity index (χ0v) is 7.33. The Kier molecular flexibility index (Phi) is 3.53. The van der Waals surface area contributed by atoms with Crippen molar-refractivity contribution in [2.45, 2.75) is 44.6 Å². The van der Waals surface area contributed by atoms with Crippen molar-refractivity contribution >= 4 is 5.97 Å². The third-order valence-corrected chi connectivity index (χ3v) is 2.70. The van der Waals surface area contributed by atoms with Crippen LogP contribution in [0.25, 0.3) is 0 Å². The van der Waals surface area contributed by atoms with E-state index in [1.807, 2.05) is 0 Å². The normalized spacial score (nSPS) is 30.1. The van der Waals surface area contributed by atoms with Crippen molar-refractivity contribution in [1.29, 1.82) is 0 Å². The maximum Gasteiger partial charge on any atom is 0.303 e. The molecule has 0 spiro atoms. The van der Waals surface area contributed by atoms with Crippen molar-refractivity contribution in [1.82, 2.24) is 0 Å². The van der Waals surface area contributed by atoms with E-state index in [0.29, 0.717) is 5.92 Å². The average molecular weight is 171 g/mol. The highest BCUT2D eigenvalue weighted by Gasteiger charge is 2.21. The molecule has 0 bridgehead atoms. The van der Waals surface area contributed by atoms with Crippen LogP contribution in [0, 0.1) is 5.92 Å². The topological polar surface area (TPSA) is 63.3 Å². The number of rotatable bonds is 3. The number of carboxylic acids is 1.